The molecular weight excluding hydrogens is 296 g/mol. The second-order valence-electron chi connectivity index (χ2n) is 5.18. The third-order valence-electron chi connectivity index (χ3n) is 3.49. The maximum Gasteiger partial charge on any atom is 0.321 e. The number of carboxylic acid groups (broad SMARTS) is 1. The number of aliphatic hydroxyl groups excluding tert-OH is 1. The molecule has 1 saturated heterocycles. The number of amides is 1. The van der Waals surface area contributed by atoms with Crippen LogP contribution in [-0.4, -0.2) is 52.2 Å². The molecule has 2 unspecified atom stereocenters. The number of aliphatic hydroxyl groups is 1. The van der Waals surface area contributed by atoms with Crippen LogP contribution < -0.4 is 5.32 Å². The Labute approximate surface area is 127 Å². The van der Waals surface area contributed by atoms with Crippen molar-refractivity contribution in [1.82, 2.24) is 4.90 Å². The molecule has 0 aliphatic carbocycles. The van der Waals surface area contributed by atoms with Crippen molar-refractivity contribution >= 4 is 29.2 Å². The first kappa shape index (κ1) is 15.8. The summed E-state index contributed by atoms with van der Waals surface area (Å²) in [6.45, 7) is 1.94. The summed E-state index contributed by atoms with van der Waals surface area (Å²) in [6, 6.07) is 4.33. The van der Waals surface area contributed by atoms with Crippen LogP contribution in [0.5, 0.6) is 0 Å². The van der Waals surface area contributed by atoms with Crippen LogP contribution in [0.2, 0.25) is 5.02 Å². The molecule has 0 saturated carbocycles. The zero-order valence-electron chi connectivity index (χ0n) is 11.5. The lowest BCUT2D eigenvalue weighted by Gasteiger charge is -2.20. The largest absolute Gasteiger partial charge is 0.480 e. The molecule has 2 rings (SSSR count). The zero-order chi connectivity index (χ0) is 15.6. The summed E-state index contributed by atoms with van der Waals surface area (Å²) < 4.78 is 0. The van der Waals surface area contributed by atoms with Crippen LogP contribution in [0.25, 0.3) is 0 Å². The van der Waals surface area contributed by atoms with E-state index in [-0.39, 0.29) is 25.4 Å². The quantitative estimate of drug-likeness (QED) is 0.775. The van der Waals surface area contributed by atoms with E-state index in [2.05, 4.69) is 5.32 Å². The Kier molecular flexibility index (Phi) is 4.82. The van der Waals surface area contributed by atoms with Crippen molar-refractivity contribution in [2.24, 2.45) is 0 Å². The molecule has 2 atom stereocenters. The van der Waals surface area contributed by atoms with E-state index in [0.29, 0.717) is 10.7 Å². The van der Waals surface area contributed by atoms with E-state index in [9.17, 15) is 14.7 Å². The smallest absolute Gasteiger partial charge is 0.321 e. The molecule has 1 aliphatic heterocycles. The van der Waals surface area contributed by atoms with Gasteiger partial charge in [0.15, 0.2) is 0 Å². The van der Waals surface area contributed by atoms with Crippen molar-refractivity contribution in [2.75, 3.05) is 18.4 Å². The number of nitrogens with one attached hydrogen (secondary N) is 1. The molecule has 0 spiro atoms. The van der Waals surface area contributed by atoms with Crippen molar-refractivity contribution in [3.05, 3.63) is 28.8 Å². The van der Waals surface area contributed by atoms with E-state index in [0.717, 1.165) is 5.56 Å². The minimum absolute atomic E-state index is 0.0834. The van der Waals surface area contributed by atoms with Crippen LogP contribution in [0.3, 0.4) is 0 Å². The van der Waals surface area contributed by atoms with Crippen LogP contribution in [-0.2, 0) is 9.59 Å². The van der Waals surface area contributed by atoms with Gasteiger partial charge in [-0.3, -0.25) is 14.5 Å². The first-order chi connectivity index (χ1) is 9.86. The summed E-state index contributed by atoms with van der Waals surface area (Å²) in [5.74, 6) is -1.36. The van der Waals surface area contributed by atoms with E-state index in [1.165, 1.54) is 4.90 Å². The van der Waals surface area contributed by atoms with Gasteiger partial charge in [-0.1, -0.05) is 17.7 Å². The van der Waals surface area contributed by atoms with Gasteiger partial charge in [0.25, 0.3) is 0 Å². The molecule has 1 aromatic rings. The van der Waals surface area contributed by atoms with Gasteiger partial charge in [-0.2, -0.15) is 0 Å². The Morgan fingerprint density at radius 2 is 2.19 bits per heavy atom. The lowest BCUT2D eigenvalue weighted by atomic mass is 10.2. The normalized spacial score (nSPS) is 22.2. The highest BCUT2D eigenvalue weighted by molar-refractivity contribution is 6.31. The molecule has 7 heteroatoms. The van der Waals surface area contributed by atoms with Crippen molar-refractivity contribution in [3.8, 4) is 0 Å². The third kappa shape index (κ3) is 3.93. The Morgan fingerprint density at radius 3 is 2.86 bits per heavy atom. The Morgan fingerprint density at radius 1 is 1.48 bits per heavy atom. The van der Waals surface area contributed by atoms with Crippen LogP contribution in [0.4, 0.5) is 5.69 Å². The molecule has 0 aromatic heterocycles. The van der Waals surface area contributed by atoms with E-state index in [1.807, 2.05) is 6.92 Å². The maximum absolute atomic E-state index is 12.0. The predicted octanol–water partition coefficient (Wildman–Crippen LogP) is 1.11. The molecule has 21 heavy (non-hydrogen) atoms. The minimum Gasteiger partial charge on any atom is -0.480 e. The van der Waals surface area contributed by atoms with Crippen LogP contribution in [0, 0.1) is 6.92 Å². The topological polar surface area (TPSA) is 89.9 Å². The van der Waals surface area contributed by atoms with Crippen LogP contribution in [0.1, 0.15) is 12.0 Å². The third-order valence-corrected chi connectivity index (χ3v) is 3.72. The minimum atomic E-state index is -1.03. The van der Waals surface area contributed by atoms with Crippen molar-refractivity contribution in [3.63, 3.8) is 0 Å². The zero-order valence-corrected chi connectivity index (χ0v) is 12.3. The Balaban J connectivity index is 2.01. The SMILES string of the molecule is Cc1ccc(Cl)cc1NC(=O)CN1CC(O)CC1C(=O)O. The molecule has 1 aliphatic rings. The fraction of sp³-hybridized carbons (Fsp3) is 0.429. The summed E-state index contributed by atoms with van der Waals surface area (Å²) in [7, 11) is 0. The molecular formula is C14H17ClN2O4. The summed E-state index contributed by atoms with van der Waals surface area (Å²) in [6.07, 6.45) is -0.578. The molecule has 1 fully saturated rings. The molecule has 6 nitrogen and oxygen atoms in total. The van der Waals surface area contributed by atoms with E-state index < -0.39 is 18.1 Å². The van der Waals surface area contributed by atoms with Gasteiger partial charge in [0, 0.05) is 23.7 Å². The van der Waals surface area contributed by atoms with E-state index >= 15 is 0 Å². The molecule has 0 bridgehead atoms. The number of carboxylic acids is 1. The lowest BCUT2D eigenvalue weighted by molar-refractivity contribution is -0.142. The number of nitrogens with zero attached hydrogens (tertiary/aromatic N) is 1. The highest BCUT2D eigenvalue weighted by atomic mass is 35.5. The van der Waals surface area contributed by atoms with Gasteiger partial charge in [0.1, 0.15) is 6.04 Å². The molecule has 0 radical (unpaired) electrons. The van der Waals surface area contributed by atoms with Gasteiger partial charge >= 0.3 is 5.97 Å². The second kappa shape index (κ2) is 6.43. The van der Waals surface area contributed by atoms with Crippen LogP contribution in [0.15, 0.2) is 18.2 Å². The second-order valence-corrected chi connectivity index (χ2v) is 5.62. The standard InChI is InChI=1S/C14H17ClN2O4/c1-8-2-3-9(15)4-11(8)16-13(19)7-17-6-10(18)5-12(17)14(20)21/h2-4,10,12,18H,5-7H2,1H3,(H,16,19)(H,20,21). The van der Waals surface area contributed by atoms with Crippen LogP contribution >= 0.6 is 11.6 Å². The number of β-amino-alcohol motifs (C(OH)–C–C–N with tert-alkyl or cyclic N) is 1. The highest BCUT2D eigenvalue weighted by Gasteiger charge is 2.36. The maximum atomic E-state index is 12.0. The monoisotopic (exact) mass is 312 g/mol. The van der Waals surface area contributed by atoms with Gasteiger partial charge in [0.05, 0.1) is 12.6 Å². The van der Waals surface area contributed by atoms with Gasteiger partial charge < -0.3 is 15.5 Å². The Bertz CT molecular complexity index is 564. The van der Waals surface area contributed by atoms with E-state index in [1.54, 1.807) is 18.2 Å². The average Bonchev–Trinajstić information content (AvgIpc) is 2.75. The number of anilines is 1. The first-order valence-electron chi connectivity index (χ1n) is 6.57. The summed E-state index contributed by atoms with van der Waals surface area (Å²) in [5, 5.41) is 21.9. The number of likely N-dealkylation sites (tertiary alicyclic amines) is 1. The van der Waals surface area contributed by atoms with Crippen molar-refractivity contribution in [1.29, 1.82) is 0 Å². The van der Waals surface area contributed by atoms with Gasteiger partial charge in [0.2, 0.25) is 5.91 Å². The number of carbonyl (C=O) groups excluding carboxylic acids is 1. The number of aryl methyl sites for hydroxylation is 1. The molecule has 1 amide bonds. The summed E-state index contributed by atoms with van der Waals surface area (Å²) in [4.78, 5) is 24.6. The van der Waals surface area contributed by atoms with Crippen molar-refractivity contribution in [2.45, 2.75) is 25.5 Å². The number of hydrogen-bond acceptors (Lipinski definition) is 4. The van der Waals surface area contributed by atoms with Crippen molar-refractivity contribution < 1.29 is 19.8 Å². The number of hydrogen-bond donors (Lipinski definition) is 3. The molecule has 3 N–H and O–H groups in total. The molecule has 1 heterocycles. The highest BCUT2D eigenvalue weighted by Crippen LogP contribution is 2.21. The summed E-state index contributed by atoms with van der Waals surface area (Å²) in [5.41, 5.74) is 1.46. The van der Waals surface area contributed by atoms with Gasteiger partial charge in [-0.15, -0.1) is 0 Å². The van der Waals surface area contributed by atoms with Gasteiger partial charge in [-0.05, 0) is 24.6 Å². The predicted molar refractivity (Wildman–Crippen MR) is 78.4 cm³/mol. The number of rotatable bonds is 4. The number of aliphatic carboxylic acids is 1. The van der Waals surface area contributed by atoms with E-state index in [4.69, 9.17) is 16.7 Å². The number of carbonyl (C=O) groups is 2. The summed E-state index contributed by atoms with van der Waals surface area (Å²) >= 11 is 5.88. The number of halogens is 1. The molecule has 1 aromatic carbocycles. The average molecular weight is 313 g/mol. The Hall–Kier alpha value is -1.63. The fourth-order valence-electron chi connectivity index (χ4n) is 2.41. The van der Waals surface area contributed by atoms with Gasteiger partial charge in [-0.25, -0.2) is 0 Å². The fourth-order valence-corrected chi connectivity index (χ4v) is 2.59. The molecule has 114 valence electrons. The first-order valence-corrected chi connectivity index (χ1v) is 6.95. The lowest BCUT2D eigenvalue weighted by Crippen LogP contribution is -2.41. The number of benzene rings is 1.